The summed E-state index contributed by atoms with van der Waals surface area (Å²) in [4.78, 5) is 33.0. The summed E-state index contributed by atoms with van der Waals surface area (Å²) in [5.41, 5.74) is -0.365. The van der Waals surface area contributed by atoms with Crippen LogP contribution in [-0.4, -0.2) is 61.4 Å². The van der Waals surface area contributed by atoms with Crippen LogP contribution in [0.5, 0.6) is 0 Å². The van der Waals surface area contributed by atoms with Crippen LogP contribution < -0.4 is 0 Å². The lowest BCUT2D eigenvalue weighted by Crippen LogP contribution is -2.49. The molecule has 0 fully saturated rings. The molecule has 29 heavy (non-hydrogen) atoms. The van der Waals surface area contributed by atoms with Crippen molar-refractivity contribution in [1.29, 1.82) is 0 Å². The van der Waals surface area contributed by atoms with Gasteiger partial charge in [-0.1, -0.05) is 6.58 Å². The molecule has 0 aliphatic heterocycles. The predicted octanol–water partition coefficient (Wildman–Crippen LogP) is 2.96. The molecule has 0 spiro atoms. The predicted molar refractivity (Wildman–Crippen MR) is 68.6 cm³/mol. The third kappa shape index (κ3) is 6.77. The van der Waals surface area contributed by atoms with Crippen LogP contribution in [0.2, 0.25) is 0 Å². The Labute approximate surface area is 154 Å². The Hall–Kier alpha value is -2.55. The first kappa shape index (κ1) is 26.4. The molecule has 0 saturated carbocycles. The minimum atomic E-state index is -6.46. The summed E-state index contributed by atoms with van der Waals surface area (Å²) in [6.07, 6.45) is -15.5. The van der Waals surface area contributed by atoms with Gasteiger partial charge in [-0.05, 0) is 6.92 Å². The topological polar surface area (TPSA) is 78.9 Å². The number of carbonyl (C=O) groups excluding carboxylic acids is 3. The molecule has 6 nitrogen and oxygen atoms in total. The molecule has 0 aromatic carbocycles. The zero-order chi connectivity index (χ0) is 23.4. The molecular weight excluding hydrogens is 442 g/mol. The first-order valence-electron chi connectivity index (χ1n) is 6.85. The van der Waals surface area contributed by atoms with E-state index in [1.54, 1.807) is 0 Å². The van der Waals surface area contributed by atoms with Crippen LogP contribution in [0.15, 0.2) is 12.2 Å². The highest BCUT2D eigenvalue weighted by Gasteiger charge is 2.66. The molecule has 0 aliphatic rings. The van der Waals surface area contributed by atoms with Crippen LogP contribution in [0.3, 0.4) is 0 Å². The average Bonchev–Trinajstić information content (AvgIpc) is 2.53. The van der Waals surface area contributed by atoms with Crippen molar-refractivity contribution in [2.24, 2.45) is 0 Å². The molecule has 0 saturated heterocycles. The van der Waals surface area contributed by atoms with E-state index < -0.39 is 61.4 Å². The number of esters is 3. The van der Waals surface area contributed by atoms with E-state index >= 15 is 0 Å². The summed E-state index contributed by atoms with van der Waals surface area (Å²) in [5, 5.41) is 0. The standard InChI is InChI=1S/C13H10F10O6/c1-5(2)7(24)27-3-6(29-9(26)11(16,17)13(21,22)23)4-28-8(25)10(14,15)12(18,19)20/h6H,1,3-4H2,2H3. The second-order valence-electron chi connectivity index (χ2n) is 5.15. The molecule has 0 aromatic heterocycles. The van der Waals surface area contributed by atoms with E-state index in [0.29, 0.717) is 0 Å². The van der Waals surface area contributed by atoms with Gasteiger partial charge in [-0.3, -0.25) is 0 Å². The van der Waals surface area contributed by atoms with E-state index in [1.807, 2.05) is 0 Å². The van der Waals surface area contributed by atoms with E-state index in [9.17, 15) is 58.3 Å². The number of carbonyl (C=O) groups is 3. The largest absolute Gasteiger partial charge is 0.465 e. The van der Waals surface area contributed by atoms with E-state index in [1.165, 1.54) is 0 Å². The minimum absolute atomic E-state index is 0.365. The lowest BCUT2D eigenvalue weighted by molar-refractivity contribution is -0.286. The van der Waals surface area contributed by atoms with Crippen LogP contribution in [0.25, 0.3) is 0 Å². The SMILES string of the molecule is C=C(C)C(=O)OCC(COC(=O)C(F)(F)C(F)(F)F)OC(=O)C(F)(F)C(F)(F)F. The van der Waals surface area contributed by atoms with E-state index in [2.05, 4.69) is 20.8 Å². The van der Waals surface area contributed by atoms with Crippen molar-refractivity contribution < 1.29 is 72.5 Å². The molecule has 0 N–H and O–H groups in total. The Balaban J connectivity index is 5.36. The molecule has 0 heterocycles. The average molecular weight is 452 g/mol. The van der Waals surface area contributed by atoms with Gasteiger partial charge in [0.25, 0.3) is 0 Å². The van der Waals surface area contributed by atoms with Crippen molar-refractivity contribution in [3.8, 4) is 0 Å². The third-order valence-corrected chi connectivity index (χ3v) is 2.65. The van der Waals surface area contributed by atoms with Gasteiger partial charge in [0.15, 0.2) is 6.10 Å². The maximum atomic E-state index is 12.9. The number of hydrogen-bond acceptors (Lipinski definition) is 6. The summed E-state index contributed by atoms with van der Waals surface area (Å²) in [7, 11) is 0. The number of rotatable bonds is 8. The molecule has 1 unspecified atom stereocenters. The molecule has 1 atom stereocenters. The minimum Gasteiger partial charge on any atom is -0.458 e. The third-order valence-electron chi connectivity index (χ3n) is 2.65. The highest BCUT2D eigenvalue weighted by atomic mass is 19.4. The van der Waals surface area contributed by atoms with Crippen molar-refractivity contribution in [2.45, 2.75) is 37.2 Å². The Morgan fingerprint density at radius 1 is 0.759 bits per heavy atom. The van der Waals surface area contributed by atoms with Gasteiger partial charge in [0.1, 0.15) is 13.2 Å². The van der Waals surface area contributed by atoms with Crippen LogP contribution >= 0.6 is 0 Å². The molecule has 0 bridgehead atoms. The maximum absolute atomic E-state index is 12.9. The van der Waals surface area contributed by atoms with Gasteiger partial charge in [0.2, 0.25) is 0 Å². The highest BCUT2D eigenvalue weighted by molar-refractivity contribution is 5.87. The van der Waals surface area contributed by atoms with Gasteiger partial charge in [0.05, 0.1) is 0 Å². The number of alkyl halides is 10. The van der Waals surface area contributed by atoms with Gasteiger partial charge >= 0.3 is 42.1 Å². The van der Waals surface area contributed by atoms with E-state index in [4.69, 9.17) is 0 Å². The highest BCUT2D eigenvalue weighted by Crippen LogP contribution is 2.37. The Morgan fingerprint density at radius 2 is 1.14 bits per heavy atom. The van der Waals surface area contributed by atoms with Crippen molar-refractivity contribution in [3.05, 3.63) is 12.2 Å². The molecule has 0 amide bonds. The Bertz CT molecular complexity index is 651. The molecule has 0 aliphatic carbocycles. The first-order valence-corrected chi connectivity index (χ1v) is 6.85. The van der Waals surface area contributed by atoms with Crippen molar-refractivity contribution in [3.63, 3.8) is 0 Å². The van der Waals surface area contributed by atoms with Crippen molar-refractivity contribution in [2.75, 3.05) is 13.2 Å². The maximum Gasteiger partial charge on any atom is 0.465 e. The number of halogens is 10. The molecule has 0 rings (SSSR count). The number of hydrogen-bond donors (Lipinski definition) is 0. The fourth-order valence-electron chi connectivity index (χ4n) is 1.12. The van der Waals surface area contributed by atoms with Gasteiger partial charge in [-0.25, -0.2) is 14.4 Å². The summed E-state index contributed by atoms with van der Waals surface area (Å²) in [6, 6.07) is 0. The van der Waals surface area contributed by atoms with Gasteiger partial charge < -0.3 is 14.2 Å². The molecular formula is C13H10F10O6. The monoisotopic (exact) mass is 452 g/mol. The Morgan fingerprint density at radius 3 is 1.52 bits per heavy atom. The van der Waals surface area contributed by atoms with E-state index in [0.717, 1.165) is 6.92 Å². The lowest BCUT2D eigenvalue weighted by Gasteiger charge is -2.23. The second kappa shape index (κ2) is 8.86. The fourth-order valence-corrected chi connectivity index (χ4v) is 1.12. The molecule has 0 aromatic rings. The smallest absolute Gasteiger partial charge is 0.458 e. The zero-order valence-electron chi connectivity index (χ0n) is 13.9. The van der Waals surface area contributed by atoms with Crippen LogP contribution in [0.4, 0.5) is 43.9 Å². The summed E-state index contributed by atoms with van der Waals surface area (Å²) >= 11 is 0. The van der Waals surface area contributed by atoms with Crippen LogP contribution in [0.1, 0.15) is 6.92 Å². The second-order valence-corrected chi connectivity index (χ2v) is 5.15. The summed E-state index contributed by atoms with van der Waals surface area (Å²) in [5.74, 6) is -20.1. The van der Waals surface area contributed by atoms with Crippen molar-refractivity contribution in [1.82, 2.24) is 0 Å². The lowest BCUT2D eigenvalue weighted by atomic mass is 10.3. The molecule has 0 radical (unpaired) electrons. The van der Waals surface area contributed by atoms with Gasteiger partial charge in [0, 0.05) is 5.57 Å². The fraction of sp³-hybridized carbons (Fsp3) is 0.615. The van der Waals surface area contributed by atoms with Crippen molar-refractivity contribution >= 4 is 17.9 Å². The zero-order valence-corrected chi connectivity index (χ0v) is 13.9. The van der Waals surface area contributed by atoms with Crippen LogP contribution in [-0.2, 0) is 28.6 Å². The molecule has 16 heteroatoms. The number of ether oxygens (including phenoxy) is 3. The van der Waals surface area contributed by atoms with E-state index in [-0.39, 0.29) is 5.57 Å². The quantitative estimate of drug-likeness (QED) is 0.244. The van der Waals surface area contributed by atoms with Crippen LogP contribution in [0, 0.1) is 0 Å². The Kier molecular flexibility index (Phi) is 8.08. The summed E-state index contributed by atoms with van der Waals surface area (Å²) < 4.78 is 135. The normalized spacial score (nSPS) is 14.0. The summed E-state index contributed by atoms with van der Waals surface area (Å²) in [6.45, 7) is 0.742. The van der Waals surface area contributed by atoms with Gasteiger partial charge in [-0.2, -0.15) is 43.9 Å². The molecule has 168 valence electrons. The first-order chi connectivity index (χ1) is 12.7. The van der Waals surface area contributed by atoms with Gasteiger partial charge in [-0.15, -0.1) is 0 Å².